The fraction of sp³-hybridized carbons (Fsp3) is 0.818. The summed E-state index contributed by atoms with van der Waals surface area (Å²) in [4.78, 5) is 11.4. The number of rotatable bonds is 8. The van der Waals surface area contributed by atoms with Crippen LogP contribution in [0.3, 0.4) is 0 Å². The first-order valence-corrected chi connectivity index (χ1v) is 5.85. The number of hydrogen-bond acceptors (Lipinski definition) is 3. The Morgan fingerprint density at radius 1 is 1.44 bits per heavy atom. The number of nitrogens with one attached hydrogen (secondary N) is 1. The van der Waals surface area contributed by atoms with Crippen molar-refractivity contribution in [3.05, 3.63) is 0 Å². The SMILES string of the molecule is CCCCCCC(=O)NCC(C)C(N)=NO. The molecule has 0 fully saturated rings. The first-order chi connectivity index (χ1) is 7.61. The summed E-state index contributed by atoms with van der Waals surface area (Å²) >= 11 is 0. The van der Waals surface area contributed by atoms with Crippen LogP contribution >= 0.6 is 0 Å². The molecule has 0 bridgehead atoms. The molecule has 0 aromatic heterocycles. The molecular weight excluding hydrogens is 206 g/mol. The third kappa shape index (κ3) is 7.09. The lowest BCUT2D eigenvalue weighted by molar-refractivity contribution is -0.121. The molecule has 0 spiro atoms. The Balaban J connectivity index is 3.57. The zero-order chi connectivity index (χ0) is 12.4. The van der Waals surface area contributed by atoms with Crippen molar-refractivity contribution < 1.29 is 10.0 Å². The van der Waals surface area contributed by atoms with Gasteiger partial charge in [-0.2, -0.15) is 0 Å². The van der Waals surface area contributed by atoms with Crippen LogP contribution in [0.5, 0.6) is 0 Å². The number of nitrogens with zero attached hydrogens (tertiary/aromatic N) is 1. The first-order valence-electron chi connectivity index (χ1n) is 5.85. The molecule has 94 valence electrons. The minimum Gasteiger partial charge on any atom is -0.409 e. The molecule has 0 aliphatic carbocycles. The topological polar surface area (TPSA) is 87.7 Å². The van der Waals surface area contributed by atoms with Crippen LogP contribution < -0.4 is 11.1 Å². The van der Waals surface area contributed by atoms with Gasteiger partial charge in [0.25, 0.3) is 0 Å². The predicted octanol–water partition coefficient (Wildman–Crippen LogP) is 1.46. The number of unbranched alkanes of at least 4 members (excludes halogenated alkanes) is 3. The van der Waals surface area contributed by atoms with Crippen LogP contribution in [0.25, 0.3) is 0 Å². The Kier molecular flexibility index (Phi) is 8.29. The van der Waals surface area contributed by atoms with Crippen molar-refractivity contribution in [1.29, 1.82) is 0 Å². The quantitative estimate of drug-likeness (QED) is 0.193. The van der Waals surface area contributed by atoms with Crippen molar-refractivity contribution in [2.75, 3.05) is 6.54 Å². The molecule has 0 saturated carbocycles. The average molecular weight is 229 g/mol. The second kappa shape index (κ2) is 9.00. The number of carbonyl (C=O) groups is 1. The van der Waals surface area contributed by atoms with Crippen molar-refractivity contribution in [2.24, 2.45) is 16.8 Å². The van der Waals surface area contributed by atoms with Crippen LogP contribution in [0.4, 0.5) is 0 Å². The highest BCUT2D eigenvalue weighted by Gasteiger charge is 2.09. The molecule has 0 aromatic carbocycles. The monoisotopic (exact) mass is 229 g/mol. The van der Waals surface area contributed by atoms with Crippen LogP contribution in [-0.4, -0.2) is 23.5 Å². The van der Waals surface area contributed by atoms with Crippen molar-refractivity contribution in [3.63, 3.8) is 0 Å². The maximum atomic E-state index is 11.4. The number of hydrogen-bond donors (Lipinski definition) is 3. The standard InChI is InChI=1S/C11H23N3O2/c1-3-4-5-6-7-10(15)13-8-9(2)11(12)14-16/h9,16H,3-8H2,1-2H3,(H2,12,14)(H,13,15). The molecule has 1 unspecified atom stereocenters. The maximum Gasteiger partial charge on any atom is 0.220 e. The Hall–Kier alpha value is -1.26. The van der Waals surface area contributed by atoms with Crippen molar-refractivity contribution in [2.45, 2.75) is 46.0 Å². The molecule has 0 rings (SSSR count). The summed E-state index contributed by atoms with van der Waals surface area (Å²) in [6, 6.07) is 0. The third-order valence-corrected chi connectivity index (χ3v) is 2.48. The van der Waals surface area contributed by atoms with Gasteiger partial charge in [0.05, 0.1) is 0 Å². The van der Waals surface area contributed by atoms with Crippen LogP contribution in [0.15, 0.2) is 5.16 Å². The molecule has 0 heterocycles. The minimum atomic E-state index is -0.135. The second-order valence-electron chi connectivity index (χ2n) is 4.04. The van der Waals surface area contributed by atoms with Crippen LogP contribution in [-0.2, 0) is 4.79 Å². The second-order valence-corrected chi connectivity index (χ2v) is 4.04. The highest BCUT2D eigenvalue weighted by atomic mass is 16.4. The molecule has 4 N–H and O–H groups in total. The Morgan fingerprint density at radius 2 is 2.12 bits per heavy atom. The van der Waals surface area contributed by atoms with Crippen LogP contribution in [0.1, 0.15) is 46.0 Å². The number of amides is 1. The summed E-state index contributed by atoms with van der Waals surface area (Å²) in [6.45, 7) is 4.35. The number of carbonyl (C=O) groups excluding carboxylic acids is 1. The first kappa shape index (κ1) is 14.7. The Morgan fingerprint density at radius 3 is 2.69 bits per heavy atom. The zero-order valence-electron chi connectivity index (χ0n) is 10.2. The van der Waals surface area contributed by atoms with E-state index >= 15 is 0 Å². The Labute approximate surface area is 97.1 Å². The highest BCUT2D eigenvalue weighted by molar-refractivity contribution is 5.83. The van der Waals surface area contributed by atoms with E-state index in [1.807, 2.05) is 0 Å². The van der Waals surface area contributed by atoms with E-state index < -0.39 is 0 Å². The molecule has 0 aromatic rings. The van der Waals surface area contributed by atoms with Gasteiger partial charge in [0, 0.05) is 18.9 Å². The van der Waals surface area contributed by atoms with Crippen LogP contribution in [0.2, 0.25) is 0 Å². The molecule has 0 saturated heterocycles. The molecule has 1 amide bonds. The Bertz CT molecular complexity index is 229. The summed E-state index contributed by atoms with van der Waals surface area (Å²) in [7, 11) is 0. The smallest absolute Gasteiger partial charge is 0.220 e. The summed E-state index contributed by atoms with van der Waals surface area (Å²) < 4.78 is 0. The lowest BCUT2D eigenvalue weighted by Crippen LogP contribution is -2.34. The summed E-state index contributed by atoms with van der Waals surface area (Å²) in [6.07, 6.45) is 4.93. The van der Waals surface area contributed by atoms with Gasteiger partial charge in [0.15, 0.2) is 0 Å². The third-order valence-electron chi connectivity index (χ3n) is 2.48. The van der Waals surface area contributed by atoms with Crippen LogP contribution in [0, 0.1) is 5.92 Å². The molecule has 0 radical (unpaired) electrons. The zero-order valence-corrected chi connectivity index (χ0v) is 10.2. The van der Waals surface area contributed by atoms with Gasteiger partial charge in [0.1, 0.15) is 5.84 Å². The van der Waals surface area contributed by atoms with E-state index in [0.717, 1.165) is 12.8 Å². The highest BCUT2D eigenvalue weighted by Crippen LogP contribution is 2.02. The van der Waals surface area contributed by atoms with Gasteiger partial charge in [-0.05, 0) is 6.42 Å². The number of oxime groups is 1. The largest absolute Gasteiger partial charge is 0.409 e. The van der Waals surface area contributed by atoms with Gasteiger partial charge in [-0.15, -0.1) is 0 Å². The van der Waals surface area contributed by atoms with Gasteiger partial charge in [-0.3, -0.25) is 4.79 Å². The van der Waals surface area contributed by atoms with Crippen molar-refractivity contribution >= 4 is 11.7 Å². The van der Waals surface area contributed by atoms with Gasteiger partial charge in [-0.25, -0.2) is 0 Å². The van der Waals surface area contributed by atoms with Gasteiger partial charge < -0.3 is 16.3 Å². The van der Waals surface area contributed by atoms with E-state index in [9.17, 15) is 4.79 Å². The molecule has 5 heteroatoms. The molecule has 0 aliphatic rings. The van der Waals surface area contributed by atoms with Crippen molar-refractivity contribution in [1.82, 2.24) is 5.32 Å². The fourth-order valence-corrected chi connectivity index (χ4v) is 1.27. The van der Waals surface area contributed by atoms with Gasteiger partial charge in [0.2, 0.25) is 5.91 Å². The van der Waals surface area contributed by atoms with E-state index in [0.29, 0.717) is 13.0 Å². The van der Waals surface area contributed by atoms with E-state index in [-0.39, 0.29) is 17.7 Å². The maximum absolute atomic E-state index is 11.4. The molecule has 16 heavy (non-hydrogen) atoms. The molecule has 1 atom stereocenters. The van der Waals surface area contributed by atoms with Gasteiger partial charge in [-0.1, -0.05) is 38.3 Å². The van der Waals surface area contributed by atoms with E-state index in [4.69, 9.17) is 10.9 Å². The molecule has 5 nitrogen and oxygen atoms in total. The number of nitrogens with two attached hydrogens (primary N) is 1. The lowest BCUT2D eigenvalue weighted by atomic mass is 10.1. The van der Waals surface area contributed by atoms with Gasteiger partial charge >= 0.3 is 0 Å². The predicted molar refractivity (Wildman–Crippen MR) is 64.3 cm³/mol. The fourth-order valence-electron chi connectivity index (χ4n) is 1.27. The average Bonchev–Trinajstić information content (AvgIpc) is 2.30. The minimum absolute atomic E-state index is 0.0358. The normalized spacial score (nSPS) is 13.5. The van der Waals surface area contributed by atoms with E-state index in [2.05, 4.69) is 17.4 Å². The summed E-state index contributed by atoms with van der Waals surface area (Å²) in [5, 5.41) is 14.1. The van der Waals surface area contributed by atoms with E-state index in [1.165, 1.54) is 12.8 Å². The summed E-state index contributed by atoms with van der Waals surface area (Å²) in [5.74, 6) is 0.0459. The number of amidine groups is 1. The summed E-state index contributed by atoms with van der Waals surface area (Å²) in [5.41, 5.74) is 5.39. The van der Waals surface area contributed by atoms with E-state index in [1.54, 1.807) is 6.92 Å². The van der Waals surface area contributed by atoms with Crippen molar-refractivity contribution in [3.8, 4) is 0 Å². The lowest BCUT2D eigenvalue weighted by Gasteiger charge is -2.10. The molecule has 0 aliphatic heterocycles. The molecular formula is C11H23N3O2.